The fourth-order valence-corrected chi connectivity index (χ4v) is 2.49. The number of aromatic nitrogens is 1. The predicted molar refractivity (Wildman–Crippen MR) is 101 cm³/mol. The second-order valence-electron chi connectivity index (χ2n) is 5.29. The standard InChI is InChI=1S/C18H17N3O3S/c1-3-10-19-18(25)16(20-11-4-5-13(2)12-20)17(22)14-6-8-15(9-7-14)21(23)24/h3-9,11-12H,1,10H2,2H3,(H-,19,22,25)/p+1. The van der Waals surface area contributed by atoms with Crippen LogP contribution >= 0.6 is 12.2 Å². The van der Waals surface area contributed by atoms with Crippen LogP contribution in [0.3, 0.4) is 0 Å². The third kappa shape index (κ3) is 4.48. The normalized spacial score (nSPS) is 11.4. The lowest BCUT2D eigenvalue weighted by molar-refractivity contribution is -0.576. The molecule has 2 aromatic rings. The number of nitrogens with one attached hydrogen (secondary N) is 1. The first-order valence-electron chi connectivity index (χ1n) is 7.49. The smallest absolute Gasteiger partial charge is 0.288 e. The lowest BCUT2D eigenvalue weighted by Gasteiger charge is -2.09. The van der Waals surface area contributed by atoms with Gasteiger partial charge in [-0.15, -0.1) is 6.58 Å². The van der Waals surface area contributed by atoms with E-state index in [4.69, 9.17) is 12.2 Å². The third-order valence-electron chi connectivity index (χ3n) is 3.40. The summed E-state index contributed by atoms with van der Waals surface area (Å²) >= 11 is 5.40. The summed E-state index contributed by atoms with van der Waals surface area (Å²) < 4.78 is 1.71. The van der Waals surface area contributed by atoms with Gasteiger partial charge in [0, 0.05) is 35.9 Å². The van der Waals surface area contributed by atoms with Crippen LogP contribution in [0.1, 0.15) is 11.1 Å². The summed E-state index contributed by atoms with van der Waals surface area (Å²) in [6.07, 6.45) is 5.26. The molecule has 1 aromatic heterocycles. The average molecular weight is 356 g/mol. The minimum atomic E-state index is -0.489. The molecule has 0 atom stereocenters. The molecule has 0 saturated carbocycles. The van der Waals surface area contributed by atoms with Gasteiger partial charge in [-0.1, -0.05) is 18.3 Å². The second kappa shape index (κ2) is 8.16. The Bertz CT molecular complexity index is 845. The highest BCUT2D eigenvalue weighted by molar-refractivity contribution is 7.81. The van der Waals surface area contributed by atoms with Gasteiger partial charge in [-0.2, -0.15) is 4.57 Å². The highest BCUT2D eigenvalue weighted by atomic mass is 32.1. The molecule has 1 heterocycles. The van der Waals surface area contributed by atoms with Gasteiger partial charge in [-0.25, -0.2) is 0 Å². The molecule has 0 saturated heterocycles. The fourth-order valence-electron chi connectivity index (χ4n) is 2.21. The Morgan fingerprint density at radius 1 is 1.40 bits per heavy atom. The largest absolute Gasteiger partial charge is 0.502 e. The summed E-state index contributed by atoms with van der Waals surface area (Å²) in [5.41, 5.74) is 1.75. The second-order valence-corrected chi connectivity index (χ2v) is 5.70. The van der Waals surface area contributed by atoms with E-state index in [0.29, 0.717) is 22.8 Å². The maximum Gasteiger partial charge on any atom is 0.288 e. The fraction of sp³-hybridized carbons (Fsp3) is 0.111. The number of non-ortho nitro benzene ring substituents is 1. The van der Waals surface area contributed by atoms with Gasteiger partial charge in [-0.05, 0) is 25.1 Å². The van der Waals surface area contributed by atoms with Crippen molar-refractivity contribution in [1.29, 1.82) is 0 Å². The third-order valence-corrected chi connectivity index (χ3v) is 3.74. The molecule has 0 aliphatic rings. The summed E-state index contributed by atoms with van der Waals surface area (Å²) in [7, 11) is 0. The van der Waals surface area contributed by atoms with Gasteiger partial charge in [0.25, 0.3) is 11.4 Å². The molecule has 128 valence electrons. The van der Waals surface area contributed by atoms with Crippen LogP contribution < -0.4 is 9.88 Å². The first-order chi connectivity index (χ1) is 11.9. The van der Waals surface area contributed by atoms with Crippen molar-refractivity contribution in [3.05, 3.63) is 82.7 Å². The molecule has 6 nitrogen and oxygen atoms in total. The van der Waals surface area contributed by atoms with E-state index in [1.165, 1.54) is 24.3 Å². The first kappa shape index (κ1) is 18.3. The first-order valence-corrected chi connectivity index (χ1v) is 7.90. The monoisotopic (exact) mass is 356 g/mol. The molecule has 0 spiro atoms. The zero-order chi connectivity index (χ0) is 18.4. The molecule has 2 rings (SSSR count). The van der Waals surface area contributed by atoms with E-state index in [9.17, 15) is 15.2 Å². The van der Waals surface area contributed by atoms with Crippen LogP contribution in [-0.2, 0) is 0 Å². The van der Waals surface area contributed by atoms with Crippen LogP contribution in [0.15, 0.2) is 61.4 Å². The number of aliphatic hydroxyl groups excluding tert-OH is 1. The van der Waals surface area contributed by atoms with E-state index in [0.717, 1.165) is 5.56 Å². The average Bonchev–Trinajstić information content (AvgIpc) is 2.60. The number of hydrogen-bond donors (Lipinski definition) is 2. The summed E-state index contributed by atoms with van der Waals surface area (Å²) in [6, 6.07) is 9.42. The zero-order valence-corrected chi connectivity index (χ0v) is 14.5. The maximum absolute atomic E-state index is 10.8. The van der Waals surface area contributed by atoms with Gasteiger partial charge in [0.1, 0.15) is 0 Å². The van der Waals surface area contributed by atoms with Crippen LogP contribution in [-0.4, -0.2) is 21.6 Å². The van der Waals surface area contributed by atoms with Crippen LogP contribution in [0, 0.1) is 17.0 Å². The molecular weight excluding hydrogens is 338 g/mol. The number of nitrogens with zero attached hydrogens (tertiary/aromatic N) is 2. The number of thiocarbonyl (C=S) groups is 1. The Labute approximate surface area is 150 Å². The number of nitro groups is 1. The molecule has 2 N–H and O–H groups in total. The summed E-state index contributed by atoms with van der Waals surface area (Å²) in [5.74, 6) is -0.0768. The van der Waals surface area contributed by atoms with Crippen LogP contribution in [0.4, 0.5) is 5.69 Å². The van der Waals surface area contributed by atoms with Crippen molar-refractivity contribution in [3.8, 4) is 0 Å². The Kier molecular flexibility index (Phi) is 5.97. The van der Waals surface area contributed by atoms with Crippen LogP contribution in [0.2, 0.25) is 0 Å². The molecule has 0 aliphatic heterocycles. The molecule has 0 fully saturated rings. The van der Waals surface area contributed by atoms with Crippen molar-refractivity contribution in [2.24, 2.45) is 0 Å². The van der Waals surface area contributed by atoms with E-state index in [1.807, 2.05) is 25.3 Å². The van der Waals surface area contributed by atoms with Crippen molar-refractivity contribution in [1.82, 2.24) is 5.32 Å². The van der Waals surface area contributed by atoms with Gasteiger partial charge in [0.05, 0.1) is 4.92 Å². The summed E-state index contributed by atoms with van der Waals surface area (Å²) in [6.45, 7) is 6.01. The number of aryl methyl sites for hydroxylation is 1. The Hall–Kier alpha value is -3.06. The molecule has 0 unspecified atom stereocenters. The zero-order valence-electron chi connectivity index (χ0n) is 13.7. The maximum atomic E-state index is 10.8. The Balaban J connectivity index is 2.55. The van der Waals surface area contributed by atoms with Gasteiger partial charge in [0.15, 0.2) is 23.1 Å². The minimum absolute atomic E-state index is 0.0475. The van der Waals surface area contributed by atoms with Gasteiger partial charge in [-0.3, -0.25) is 10.1 Å². The number of aliphatic hydroxyl groups is 1. The van der Waals surface area contributed by atoms with E-state index in [2.05, 4.69) is 11.9 Å². The van der Waals surface area contributed by atoms with E-state index < -0.39 is 4.92 Å². The van der Waals surface area contributed by atoms with Crippen molar-refractivity contribution in [2.45, 2.75) is 6.92 Å². The lowest BCUT2D eigenvalue weighted by Crippen LogP contribution is -2.41. The van der Waals surface area contributed by atoms with E-state index in [1.54, 1.807) is 16.8 Å². The van der Waals surface area contributed by atoms with Crippen molar-refractivity contribution in [2.75, 3.05) is 6.54 Å². The van der Waals surface area contributed by atoms with Crippen molar-refractivity contribution in [3.63, 3.8) is 0 Å². The van der Waals surface area contributed by atoms with Gasteiger partial charge >= 0.3 is 0 Å². The van der Waals surface area contributed by atoms with Crippen molar-refractivity contribution < 1.29 is 14.6 Å². The summed E-state index contributed by atoms with van der Waals surface area (Å²) in [4.78, 5) is 10.6. The van der Waals surface area contributed by atoms with E-state index >= 15 is 0 Å². The Morgan fingerprint density at radius 2 is 2.08 bits per heavy atom. The van der Waals surface area contributed by atoms with Crippen LogP contribution in [0.5, 0.6) is 0 Å². The highest BCUT2D eigenvalue weighted by Crippen LogP contribution is 2.20. The topological polar surface area (TPSA) is 79.3 Å². The molecule has 0 radical (unpaired) electrons. The van der Waals surface area contributed by atoms with E-state index in [-0.39, 0.29) is 11.4 Å². The van der Waals surface area contributed by atoms with Gasteiger partial charge in [0.2, 0.25) is 0 Å². The SMILES string of the molecule is C=CCNC(=S)/C(=C(\O)c1ccc([N+](=O)[O-])cc1)[n+]1cccc(C)c1. The van der Waals surface area contributed by atoms with Gasteiger partial charge < -0.3 is 10.4 Å². The number of benzene rings is 1. The number of pyridine rings is 1. The quantitative estimate of drug-likeness (QED) is 0.158. The molecule has 0 bridgehead atoms. The number of nitro benzene ring substituents is 1. The summed E-state index contributed by atoms with van der Waals surface area (Å²) in [5, 5.41) is 24.5. The molecule has 0 amide bonds. The molecule has 7 heteroatoms. The molecule has 0 aliphatic carbocycles. The van der Waals surface area contributed by atoms with Crippen molar-refractivity contribution >= 4 is 34.3 Å². The Morgan fingerprint density at radius 3 is 2.64 bits per heavy atom. The minimum Gasteiger partial charge on any atom is -0.502 e. The lowest BCUT2D eigenvalue weighted by atomic mass is 10.1. The predicted octanol–water partition coefficient (Wildman–Crippen LogP) is 3.18. The molecular formula is C18H18N3O3S+. The number of hydrogen-bond acceptors (Lipinski definition) is 4. The van der Waals surface area contributed by atoms with Crippen LogP contribution in [0.25, 0.3) is 11.5 Å². The highest BCUT2D eigenvalue weighted by Gasteiger charge is 2.23. The molecule has 1 aromatic carbocycles. The molecule has 25 heavy (non-hydrogen) atoms. The number of rotatable bonds is 6.